The number of hydrogen-bond acceptors (Lipinski definition) is 6. The van der Waals surface area contributed by atoms with Crippen LogP contribution in [0.25, 0.3) is 0 Å². The van der Waals surface area contributed by atoms with Crippen molar-refractivity contribution in [1.82, 2.24) is 5.32 Å². The number of methoxy groups -OCH3 is 1. The number of carbonyl (C=O) groups excluding carboxylic acids is 1. The van der Waals surface area contributed by atoms with Crippen LogP contribution in [0.3, 0.4) is 0 Å². The first-order chi connectivity index (χ1) is 13.8. The molecule has 1 rings (SSSR count). The summed E-state index contributed by atoms with van der Waals surface area (Å²) in [6.45, 7) is 11.2. The van der Waals surface area contributed by atoms with Crippen molar-refractivity contribution in [3.05, 3.63) is 35.8 Å². The fraction of sp³-hybridized carbons (Fsp3) is 0.652. The number of likely N-dealkylation sites (N-methyl/N-ethyl adjacent to an activating group) is 1. The summed E-state index contributed by atoms with van der Waals surface area (Å²) in [5.74, 6) is 1.28. The van der Waals surface area contributed by atoms with Gasteiger partial charge in [-0.25, -0.2) is 0 Å². The van der Waals surface area contributed by atoms with Crippen LogP contribution in [0.2, 0.25) is 0 Å². The van der Waals surface area contributed by atoms with Gasteiger partial charge in [0.1, 0.15) is 11.8 Å². The van der Waals surface area contributed by atoms with E-state index < -0.39 is 0 Å². The third kappa shape index (κ3) is 9.22. The second kappa shape index (κ2) is 12.9. The molecular formula is C23H38N2O3S. The fourth-order valence-corrected chi connectivity index (χ4v) is 3.85. The van der Waals surface area contributed by atoms with Crippen LogP contribution in [-0.4, -0.2) is 49.5 Å². The minimum absolute atomic E-state index is 0.172. The Hall–Kier alpha value is -1.53. The lowest BCUT2D eigenvalue weighted by atomic mass is 9.84. The van der Waals surface area contributed by atoms with Crippen molar-refractivity contribution in [2.24, 2.45) is 10.4 Å². The summed E-state index contributed by atoms with van der Waals surface area (Å²) in [6, 6.07) is -0.310. The first kappa shape index (κ1) is 25.5. The van der Waals surface area contributed by atoms with Gasteiger partial charge in [0.2, 0.25) is 0 Å². The lowest BCUT2D eigenvalue weighted by molar-refractivity contribution is -0.144. The molecule has 1 N–H and O–H groups in total. The molecule has 2 unspecified atom stereocenters. The van der Waals surface area contributed by atoms with E-state index in [1.165, 1.54) is 0 Å². The molecule has 0 bridgehead atoms. The SMILES string of the molecule is CCOC(=O)C(CSC(C)C(CC(C)(C)CC)=NC1=CC=C(OC)C=CC1)NC. The van der Waals surface area contributed by atoms with Gasteiger partial charge in [-0.3, -0.25) is 9.79 Å². The van der Waals surface area contributed by atoms with E-state index in [0.717, 1.165) is 36.4 Å². The zero-order chi connectivity index (χ0) is 21.9. The molecule has 0 aromatic carbocycles. The number of nitrogens with zero attached hydrogens (tertiary/aromatic N) is 1. The number of allylic oxidation sites excluding steroid dienone is 4. The zero-order valence-electron chi connectivity index (χ0n) is 19.1. The normalized spacial score (nSPS) is 17.1. The molecular weight excluding hydrogens is 384 g/mol. The van der Waals surface area contributed by atoms with Gasteiger partial charge in [-0.2, -0.15) is 11.8 Å². The maximum Gasteiger partial charge on any atom is 0.323 e. The van der Waals surface area contributed by atoms with Crippen molar-refractivity contribution in [1.29, 1.82) is 0 Å². The van der Waals surface area contributed by atoms with E-state index in [0.29, 0.717) is 12.4 Å². The molecule has 1 aliphatic carbocycles. The lowest BCUT2D eigenvalue weighted by Gasteiger charge is -2.27. The molecule has 0 spiro atoms. The van der Waals surface area contributed by atoms with Crippen molar-refractivity contribution in [3.8, 4) is 0 Å². The molecule has 0 radical (unpaired) electrons. The molecule has 0 aromatic heterocycles. The maximum absolute atomic E-state index is 12.1. The summed E-state index contributed by atoms with van der Waals surface area (Å²) in [6.07, 6.45) is 10.8. The van der Waals surface area contributed by atoms with Crippen molar-refractivity contribution >= 4 is 23.4 Å². The maximum atomic E-state index is 12.1. The molecule has 164 valence electrons. The molecule has 0 saturated heterocycles. The van der Waals surface area contributed by atoms with Crippen molar-refractivity contribution in [3.63, 3.8) is 0 Å². The van der Waals surface area contributed by atoms with Crippen LogP contribution in [0.15, 0.2) is 40.8 Å². The van der Waals surface area contributed by atoms with E-state index in [1.807, 2.05) is 25.2 Å². The largest absolute Gasteiger partial charge is 0.497 e. The van der Waals surface area contributed by atoms with Crippen LogP contribution in [0.5, 0.6) is 0 Å². The number of thioether (sulfide) groups is 1. The van der Waals surface area contributed by atoms with Gasteiger partial charge in [0.15, 0.2) is 0 Å². The van der Waals surface area contributed by atoms with Crippen molar-refractivity contribution in [2.45, 2.75) is 65.2 Å². The van der Waals surface area contributed by atoms with Crippen LogP contribution >= 0.6 is 11.8 Å². The first-order valence-electron chi connectivity index (χ1n) is 10.4. The number of aliphatic imine (C=N–C) groups is 1. The molecule has 2 atom stereocenters. The summed E-state index contributed by atoms with van der Waals surface area (Å²) in [4.78, 5) is 17.1. The number of hydrogen-bond donors (Lipinski definition) is 1. The monoisotopic (exact) mass is 422 g/mol. The van der Waals surface area contributed by atoms with E-state index in [-0.39, 0.29) is 22.7 Å². The van der Waals surface area contributed by atoms with Gasteiger partial charge in [-0.15, -0.1) is 0 Å². The Morgan fingerprint density at radius 2 is 2.07 bits per heavy atom. The van der Waals surface area contributed by atoms with Gasteiger partial charge >= 0.3 is 5.97 Å². The van der Waals surface area contributed by atoms with E-state index >= 15 is 0 Å². The molecule has 0 fully saturated rings. The molecule has 29 heavy (non-hydrogen) atoms. The van der Waals surface area contributed by atoms with Gasteiger partial charge < -0.3 is 14.8 Å². The highest BCUT2D eigenvalue weighted by Gasteiger charge is 2.25. The standard InChI is InChI=1S/C23H38N2O3S/c1-8-23(4,5)15-20(25-18-11-10-12-19(27-7)14-13-18)17(3)29-16-21(24-6)22(26)28-9-2/h10,12-14,17,21,24H,8-9,11,15-16H2,1-7H3. The second-order valence-corrected chi connectivity index (χ2v) is 9.28. The number of nitrogens with one attached hydrogen (secondary N) is 1. The third-order valence-corrected chi connectivity index (χ3v) is 6.39. The Morgan fingerprint density at radius 1 is 1.34 bits per heavy atom. The van der Waals surface area contributed by atoms with Crippen LogP contribution in [0.1, 0.15) is 53.9 Å². The number of carbonyl (C=O) groups is 1. The lowest BCUT2D eigenvalue weighted by Crippen LogP contribution is -2.38. The highest BCUT2D eigenvalue weighted by atomic mass is 32.2. The first-order valence-corrected chi connectivity index (χ1v) is 11.5. The van der Waals surface area contributed by atoms with E-state index in [9.17, 15) is 4.79 Å². The topological polar surface area (TPSA) is 59.9 Å². The number of rotatable bonds is 12. The summed E-state index contributed by atoms with van der Waals surface area (Å²) >= 11 is 1.74. The summed E-state index contributed by atoms with van der Waals surface area (Å²) in [7, 11) is 3.47. The quantitative estimate of drug-likeness (QED) is 0.358. The van der Waals surface area contributed by atoms with Gasteiger partial charge in [-0.1, -0.05) is 33.3 Å². The molecule has 0 saturated carbocycles. The minimum Gasteiger partial charge on any atom is -0.497 e. The van der Waals surface area contributed by atoms with E-state index in [1.54, 1.807) is 25.9 Å². The van der Waals surface area contributed by atoms with Gasteiger partial charge in [0.25, 0.3) is 0 Å². The Kier molecular flexibility index (Phi) is 11.4. The Balaban J connectivity index is 2.99. The van der Waals surface area contributed by atoms with Crippen LogP contribution in [0.4, 0.5) is 0 Å². The molecule has 0 aromatic rings. The predicted octanol–water partition coefficient (Wildman–Crippen LogP) is 4.90. The highest BCUT2D eigenvalue weighted by molar-refractivity contribution is 8.00. The Labute approximate surface area is 181 Å². The van der Waals surface area contributed by atoms with Crippen LogP contribution in [-0.2, 0) is 14.3 Å². The fourth-order valence-electron chi connectivity index (χ4n) is 2.74. The van der Waals surface area contributed by atoms with Crippen molar-refractivity contribution in [2.75, 3.05) is 26.5 Å². The molecule has 0 heterocycles. The second-order valence-electron chi connectivity index (χ2n) is 7.90. The minimum atomic E-state index is -0.310. The van der Waals surface area contributed by atoms with Gasteiger partial charge in [-0.05, 0) is 51.0 Å². The molecule has 0 amide bonds. The smallest absolute Gasteiger partial charge is 0.323 e. The average Bonchev–Trinajstić information content (AvgIpc) is 2.93. The number of esters is 1. The average molecular weight is 423 g/mol. The number of ether oxygens (including phenoxy) is 2. The Morgan fingerprint density at radius 3 is 2.66 bits per heavy atom. The van der Waals surface area contributed by atoms with Gasteiger partial charge in [0, 0.05) is 28.8 Å². The van der Waals surface area contributed by atoms with E-state index in [4.69, 9.17) is 14.5 Å². The molecule has 6 heteroatoms. The summed E-state index contributed by atoms with van der Waals surface area (Å²) in [5, 5.41) is 3.26. The third-order valence-electron chi connectivity index (χ3n) is 5.09. The van der Waals surface area contributed by atoms with Gasteiger partial charge in [0.05, 0.1) is 13.7 Å². The van der Waals surface area contributed by atoms with E-state index in [2.05, 4.69) is 39.1 Å². The van der Waals surface area contributed by atoms with Crippen LogP contribution in [0, 0.1) is 5.41 Å². The Bertz CT molecular complexity index is 651. The predicted molar refractivity (Wildman–Crippen MR) is 124 cm³/mol. The molecule has 1 aliphatic rings. The molecule has 5 nitrogen and oxygen atoms in total. The van der Waals surface area contributed by atoms with Crippen LogP contribution < -0.4 is 5.32 Å². The zero-order valence-corrected chi connectivity index (χ0v) is 19.9. The van der Waals surface area contributed by atoms with Crippen molar-refractivity contribution < 1.29 is 14.3 Å². The highest BCUT2D eigenvalue weighted by Crippen LogP contribution is 2.30. The summed E-state index contributed by atoms with van der Waals surface area (Å²) < 4.78 is 10.5. The summed E-state index contributed by atoms with van der Waals surface area (Å²) in [5.41, 5.74) is 2.36. The molecule has 0 aliphatic heterocycles.